The van der Waals surface area contributed by atoms with Gasteiger partial charge in [0.1, 0.15) is 0 Å². The maximum atomic E-state index is 5.91. The largest absolute Gasteiger partial charge is 0.418 e. The van der Waals surface area contributed by atoms with E-state index in [1.54, 1.807) is 7.11 Å². The van der Waals surface area contributed by atoms with E-state index in [0.717, 1.165) is 31.7 Å². The highest BCUT2D eigenvalue weighted by atomic mass is 28.3. The topological polar surface area (TPSA) is 18.5 Å². The van der Waals surface area contributed by atoms with Crippen molar-refractivity contribution in [2.24, 2.45) is 0 Å². The third-order valence-corrected chi connectivity index (χ3v) is 5.35. The molecule has 0 aliphatic carbocycles. The van der Waals surface area contributed by atoms with Crippen LogP contribution in [0.1, 0.15) is 24.5 Å². The summed E-state index contributed by atoms with van der Waals surface area (Å²) in [6.45, 7) is 6.87. The Bertz CT molecular complexity index is 352. The minimum Gasteiger partial charge on any atom is -0.418 e. The van der Waals surface area contributed by atoms with Gasteiger partial charge in [0.15, 0.2) is 0 Å². The predicted octanol–water partition coefficient (Wildman–Crippen LogP) is 3.21. The SMILES string of the molecule is C=Cc1ccccc1CCCO[SiH](CC)COC. The summed E-state index contributed by atoms with van der Waals surface area (Å²) in [6.07, 6.45) is 4.86. The van der Waals surface area contributed by atoms with E-state index in [1.807, 2.05) is 6.08 Å². The van der Waals surface area contributed by atoms with Gasteiger partial charge in [-0.1, -0.05) is 43.8 Å². The van der Waals surface area contributed by atoms with Crippen molar-refractivity contribution < 1.29 is 9.16 Å². The predicted molar refractivity (Wildman–Crippen MR) is 80.3 cm³/mol. The Hall–Kier alpha value is -0.903. The lowest BCUT2D eigenvalue weighted by molar-refractivity contribution is 0.216. The number of ether oxygens (including phenoxy) is 1. The van der Waals surface area contributed by atoms with Crippen LogP contribution in [0.2, 0.25) is 6.04 Å². The van der Waals surface area contributed by atoms with E-state index in [0.29, 0.717) is 0 Å². The Balaban J connectivity index is 2.31. The summed E-state index contributed by atoms with van der Waals surface area (Å²) in [5.74, 6) is 0. The normalized spacial score (nSPS) is 12.3. The van der Waals surface area contributed by atoms with Crippen LogP contribution >= 0.6 is 0 Å². The zero-order valence-corrected chi connectivity index (χ0v) is 12.7. The van der Waals surface area contributed by atoms with Crippen molar-refractivity contribution in [1.82, 2.24) is 0 Å². The van der Waals surface area contributed by atoms with Crippen LogP contribution in [0.15, 0.2) is 30.8 Å². The summed E-state index contributed by atoms with van der Waals surface area (Å²) in [7, 11) is 0.649. The van der Waals surface area contributed by atoms with Crippen molar-refractivity contribution in [2.75, 3.05) is 19.9 Å². The van der Waals surface area contributed by atoms with Gasteiger partial charge in [-0.15, -0.1) is 0 Å². The van der Waals surface area contributed by atoms with Crippen LogP contribution in [0.3, 0.4) is 0 Å². The summed E-state index contributed by atoms with van der Waals surface area (Å²) in [6, 6.07) is 9.54. The number of hydrogen-bond donors (Lipinski definition) is 0. The maximum absolute atomic E-state index is 5.91. The molecule has 0 aliphatic heterocycles. The van der Waals surface area contributed by atoms with Gasteiger partial charge in [-0.3, -0.25) is 0 Å². The maximum Gasteiger partial charge on any atom is 0.201 e. The van der Waals surface area contributed by atoms with Gasteiger partial charge >= 0.3 is 0 Å². The first-order chi connectivity index (χ1) is 8.81. The first kappa shape index (κ1) is 15.2. The smallest absolute Gasteiger partial charge is 0.201 e. The molecular weight excluding hydrogens is 240 g/mol. The first-order valence-corrected chi connectivity index (χ1v) is 8.73. The Morgan fingerprint density at radius 3 is 2.78 bits per heavy atom. The highest BCUT2D eigenvalue weighted by Crippen LogP contribution is 2.12. The van der Waals surface area contributed by atoms with Crippen LogP contribution in [0.5, 0.6) is 0 Å². The molecule has 1 aromatic rings. The van der Waals surface area contributed by atoms with Crippen LogP contribution in [-0.4, -0.2) is 29.0 Å². The van der Waals surface area contributed by atoms with Crippen molar-refractivity contribution in [3.63, 3.8) is 0 Å². The fourth-order valence-electron chi connectivity index (χ4n) is 1.94. The highest BCUT2D eigenvalue weighted by molar-refractivity contribution is 6.51. The van der Waals surface area contributed by atoms with E-state index in [-0.39, 0.29) is 0 Å². The average Bonchev–Trinajstić information content (AvgIpc) is 2.42. The summed E-state index contributed by atoms with van der Waals surface area (Å²) >= 11 is 0. The lowest BCUT2D eigenvalue weighted by atomic mass is 10.0. The second kappa shape index (κ2) is 9.08. The number of benzene rings is 1. The molecule has 0 spiro atoms. The Kier molecular flexibility index (Phi) is 7.65. The van der Waals surface area contributed by atoms with Gasteiger partial charge in [-0.25, -0.2) is 0 Å². The summed E-state index contributed by atoms with van der Waals surface area (Å²) in [5.41, 5.74) is 2.59. The Labute approximate surface area is 112 Å². The molecule has 0 saturated carbocycles. The third-order valence-electron chi connectivity index (χ3n) is 3.03. The zero-order chi connectivity index (χ0) is 13.2. The molecule has 3 heteroatoms. The van der Waals surface area contributed by atoms with Crippen molar-refractivity contribution in [3.8, 4) is 0 Å². The quantitative estimate of drug-likeness (QED) is 0.504. The zero-order valence-electron chi connectivity index (χ0n) is 11.5. The molecule has 1 aromatic carbocycles. The third kappa shape index (κ3) is 5.17. The van der Waals surface area contributed by atoms with E-state index in [4.69, 9.17) is 9.16 Å². The molecule has 0 radical (unpaired) electrons. The van der Waals surface area contributed by atoms with Gasteiger partial charge in [-0.2, -0.15) is 0 Å². The minimum absolute atomic E-state index is 0.819. The molecule has 0 saturated heterocycles. The standard InChI is InChI=1S/C15H24O2Si/c1-4-14-9-6-7-10-15(14)11-8-12-17-18(5-2)13-16-3/h4,6-7,9-10,18H,1,5,8,11-13H2,2-3H3. The van der Waals surface area contributed by atoms with E-state index < -0.39 is 9.04 Å². The van der Waals surface area contributed by atoms with E-state index in [1.165, 1.54) is 11.1 Å². The molecule has 0 aliphatic rings. The monoisotopic (exact) mass is 264 g/mol. The number of aryl methyl sites for hydroxylation is 1. The molecule has 0 fully saturated rings. The molecule has 1 unspecified atom stereocenters. The van der Waals surface area contributed by atoms with Gasteiger partial charge in [0.25, 0.3) is 0 Å². The van der Waals surface area contributed by atoms with Gasteiger partial charge in [0.2, 0.25) is 9.04 Å². The lowest BCUT2D eigenvalue weighted by Crippen LogP contribution is -2.24. The molecule has 2 nitrogen and oxygen atoms in total. The number of rotatable bonds is 9. The lowest BCUT2D eigenvalue weighted by Gasteiger charge is -2.13. The van der Waals surface area contributed by atoms with Crippen molar-refractivity contribution in [2.45, 2.75) is 25.8 Å². The second-order valence-corrected chi connectivity index (χ2v) is 7.09. The Morgan fingerprint density at radius 2 is 2.11 bits per heavy atom. The molecule has 0 N–H and O–H groups in total. The van der Waals surface area contributed by atoms with E-state index >= 15 is 0 Å². The molecular formula is C15H24O2Si. The van der Waals surface area contributed by atoms with Gasteiger partial charge < -0.3 is 9.16 Å². The molecule has 18 heavy (non-hydrogen) atoms. The van der Waals surface area contributed by atoms with Crippen LogP contribution in [0.25, 0.3) is 6.08 Å². The molecule has 0 aromatic heterocycles. The summed E-state index contributed by atoms with van der Waals surface area (Å²) in [4.78, 5) is 0. The molecule has 1 rings (SSSR count). The Morgan fingerprint density at radius 1 is 1.33 bits per heavy atom. The molecule has 0 amide bonds. The van der Waals surface area contributed by atoms with Crippen molar-refractivity contribution in [3.05, 3.63) is 42.0 Å². The molecule has 0 bridgehead atoms. The average molecular weight is 264 g/mol. The van der Waals surface area contributed by atoms with Gasteiger partial charge in [0, 0.05) is 13.7 Å². The fraction of sp³-hybridized carbons (Fsp3) is 0.467. The van der Waals surface area contributed by atoms with E-state index in [9.17, 15) is 0 Å². The number of hydrogen-bond acceptors (Lipinski definition) is 2. The van der Waals surface area contributed by atoms with Crippen LogP contribution in [0, 0.1) is 0 Å². The summed E-state index contributed by atoms with van der Waals surface area (Å²) in [5, 5.41) is 0. The van der Waals surface area contributed by atoms with Crippen molar-refractivity contribution in [1.29, 1.82) is 0 Å². The van der Waals surface area contributed by atoms with Crippen molar-refractivity contribution >= 4 is 15.1 Å². The van der Waals surface area contributed by atoms with Gasteiger partial charge in [0.05, 0.1) is 6.23 Å². The number of methoxy groups -OCH3 is 1. The van der Waals surface area contributed by atoms with E-state index in [2.05, 4.69) is 37.8 Å². The van der Waals surface area contributed by atoms with Gasteiger partial charge in [-0.05, 0) is 30.0 Å². The molecule has 1 atom stereocenters. The summed E-state index contributed by atoms with van der Waals surface area (Å²) < 4.78 is 11.1. The van der Waals surface area contributed by atoms with Crippen LogP contribution < -0.4 is 0 Å². The molecule has 0 heterocycles. The second-order valence-electron chi connectivity index (χ2n) is 4.36. The first-order valence-electron chi connectivity index (χ1n) is 6.62. The molecule has 100 valence electrons. The van der Waals surface area contributed by atoms with Crippen LogP contribution in [-0.2, 0) is 15.6 Å². The van der Waals surface area contributed by atoms with Crippen LogP contribution in [0.4, 0.5) is 0 Å². The highest BCUT2D eigenvalue weighted by Gasteiger charge is 2.08. The fourth-order valence-corrected chi connectivity index (χ4v) is 3.38. The minimum atomic E-state index is -1.10.